The molecule has 0 aliphatic rings. The molecule has 3 N–H and O–H groups in total. The van der Waals surface area contributed by atoms with Crippen LogP contribution in [-0.4, -0.2) is 22.4 Å². The number of nitrogens with zero attached hydrogens (tertiary/aromatic N) is 1. The standard InChI is InChI=1S/C9H7F5N2O3/c10-6(11)5-3(1-15)4(8(17)18)2-16-7(5)19-9(12,13)14/h2,6H,1,15H2,(H,17,18). The number of hydrogen-bond acceptors (Lipinski definition) is 4. The summed E-state index contributed by atoms with van der Waals surface area (Å²) in [7, 11) is 0. The first kappa shape index (κ1) is 15.1. The quantitative estimate of drug-likeness (QED) is 0.828. The topological polar surface area (TPSA) is 85.4 Å². The normalized spacial score (nSPS) is 11.7. The summed E-state index contributed by atoms with van der Waals surface area (Å²) in [6.07, 6.45) is -8.16. The number of aromatic carboxylic acids is 1. The summed E-state index contributed by atoms with van der Waals surface area (Å²) in [5.41, 5.74) is 2.46. The Bertz CT molecular complexity index is 489. The molecular weight excluding hydrogens is 279 g/mol. The fraction of sp³-hybridized carbons (Fsp3) is 0.333. The van der Waals surface area contributed by atoms with Crippen LogP contribution in [-0.2, 0) is 6.54 Å². The largest absolute Gasteiger partial charge is 0.574 e. The summed E-state index contributed by atoms with van der Waals surface area (Å²) >= 11 is 0. The van der Waals surface area contributed by atoms with Gasteiger partial charge in [0.15, 0.2) is 0 Å². The van der Waals surface area contributed by atoms with Gasteiger partial charge in [-0.3, -0.25) is 0 Å². The molecule has 1 rings (SSSR count). The summed E-state index contributed by atoms with van der Waals surface area (Å²) in [6.45, 7) is -0.696. The summed E-state index contributed by atoms with van der Waals surface area (Å²) in [5.74, 6) is -3.04. The van der Waals surface area contributed by atoms with E-state index in [1.807, 2.05) is 0 Å². The van der Waals surface area contributed by atoms with Gasteiger partial charge in [0, 0.05) is 12.7 Å². The Hall–Kier alpha value is -1.97. The van der Waals surface area contributed by atoms with E-state index < -0.39 is 47.9 Å². The van der Waals surface area contributed by atoms with Crippen LogP contribution in [0.4, 0.5) is 22.0 Å². The molecule has 1 aromatic heterocycles. The molecule has 10 heteroatoms. The molecule has 0 aromatic carbocycles. The third-order valence-electron chi connectivity index (χ3n) is 2.06. The van der Waals surface area contributed by atoms with Crippen molar-refractivity contribution in [3.8, 4) is 5.88 Å². The van der Waals surface area contributed by atoms with Gasteiger partial charge < -0.3 is 15.6 Å². The van der Waals surface area contributed by atoms with Crippen LogP contribution in [0, 0.1) is 0 Å². The van der Waals surface area contributed by atoms with Gasteiger partial charge in [-0.05, 0) is 5.56 Å². The third-order valence-corrected chi connectivity index (χ3v) is 2.06. The average molecular weight is 286 g/mol. The Labute approximate surface area is 102 Å². The smallest absolute Gasteiger partial charge is 0.478 e. The SMILES string of the molecule is NCc1c(C(=O)O)cnc(OC(F)(F)F)c1C(F)F. The van der Waals surface area contributed by atoms with Crippen LogP contribution in [0.5, 0.6) is 5.88 Å². The van der Waals surface area contributed by atoms with Crippen LogP contribution in [0.2, 0.25) is 0 Å². The molecule has 0 aliphatic carbocycles. The number of aromatic nitrogens is 1. The van der Waals surface area contributed by atoms with Gasteiger partial charge in [-0.15, -0.1) is 13.2 Å². The summed E-state index contributed by atoms with van der Waals surface area (Å²) in [4.78, 5) is 13.7. The maximum absolute atomic E-state index is 12.8. The van der Waals surface area contributed by atoms with Gasteiger partial charge in [0.2, 0.25) is 5.88 Å². The highest BCUT2D eigenvalue weighted by Crippen LogP contribution is 2.35. The molecule has 0 bridgehead atoms. The van der Waals surface area contributed by atoms with E-state index >= 15 is 0 Å². The highest BCUT2D eigenvalue weighted by molar-refractivity contribution is 5.89. The van der Waals surface area contributed by atoms with Crippen LogP contribution < -0.4 is 10.5 Å². The molecule has 106 valence electrons. The number of hydrogen-bond donors (Lipinski definition) is 2. The fourth-order valence-electron chi connectivity index (χ4n) is 1.37. The van der Waals surface area contributed by atoms with E-state index in [-0.39, 0.29) is 0 Å². The van der Waals surface area contributed by atoms with Crippen molar-refractivity contribution in [3.05, 3.63) is 22.9 Å². The molecular formula is C9H7F5N2O3. The van der Waals surface area contributed by atoms with Crippen molar-refractivity contribution in [2.75, 3.05) is 0 Å². The van der Waals surface area contributed by atoms with E-state index in [0.29, 0.717) is 6.20 Å². The molecule has 0 amide bonds. The lowest BCUT2D eigenvalue weighted by atomic mass is 10.0. The maximum Gasteiger partial charge on any atom is 0.574 e. The van der Waals surface area contributed by atoms with Crippen molar-refractivity contribution < 1.29 is 36.6 Å². The predicted octanol–water partition coefficient (Wildman–Crippen LogP) is 2.07. The minimum Gasteiger partial charge on any atom is -0.478 e. The zero-order valence-corrected chi connectivity index (χ0v) is 9.04. The summed E-state index contributed by atoms with van der Waals surface area (Å²) in [6, 6.07) is 0. The summed E-state index contributed by atoms with van der Waals surface area (Å²) < 4.78 is 64.9. The van der Waals surface area contributed by atoms with E-state index in [1.165, 1.54) is 0 Å². The van der Waals surface area contributed by atoms with Crippen molar-refractivity contribution in [1.29, 1.82) is 0 Å². The fourth-order valence-corrected chi connectivity index (χ4v) is 1.37. The molecule has 0 saturated carbocycles. The van der Waals surface area contributed by atoms with E-state index in [4.69, 9.17) is 10.8 Å². The Kier molecular flexibility index (Phi) is 4.24. The van der Waals surface area contributed by atoms with E-state index in [0.717, 1.165) is 0 Å². The van der Waals surface area contributed by atoms with Gasteiger partial charge in [0.05, 0.1) is 11.1 Å². The van der Waals surface area contributed by atoms with Crippen molar-refractivity contribution >= 4 is 5.97 Å². The number of rotatable bonds is 4. The third kappa shape index (κ3) is 3.50. The number of carbonyl (C=O) groups is 1. The number of carboxylic acids is 1. The van der Waals surface area contributed by atoms with Crippen molar-refractivity contribution in [2.24, 2.45) is 5.73 Å². The number of ether oxygens (including phenoxy) is 1. The first-order valence-electron chi connectivity index (χ1n) is 4.66. The lowest BCUT2D eigenvalue weighted by molar-refractivity contribution is -0.276. The van der Waals surface area contributed by atoms with Crippen LogP contribution in [0.3, 0.4) is 0 Å². The van der Waals surface area contributed by atoms with Crippen molar-refractivity contribution in [2.45, 2.75) is 19.3 Å². The zero-order valence-electron chi connectivity index (χ0n) is 9.04. The highest BCUT2D eigenvalue weighted by Gasteiger charge is 2.35. The van der Waals surface area contributed by atoms with E-state index in [1.54, 1.807) is 0 Å². The lowest BCUT2D eigenvalue weighted by Gasteiger charge is -2.15. The Morgan fingerprint density at radius 1 is 1.47 bits per heavy atom. The van der Waals surface area contributed by atoms with Crippen LogP contribution in [0.25, 0.3) is 0 Å². The number of carboxylic acid groups (broad SMARTS) is 1. The Morgan fingerprint density at radius 3 is 2.42 bits per heavy atom. The molecule has 1 aromatic rings. The van der Waals surface area contributed by atoms with Gasteiger partial charge in [0.1, 0.15) is 0 Å². The lowest BCUT2D eigenvalue weighted by Crippen LogP contribution is -2.21. The molecule has 0 radical (unpaired) electrons. The summed E-state index contributed by atoms with van der Waals surface area (Å²) in [5, 5.41) is 8.72. The second-order valence-corrected chi connectivity index (χ2v) is 3.23. The number of nitrogens with two attached hydrogens (primary N) is 1. The molecule has 0 atom stereocenters. The molecule has 0 spiro atoms. The number of halogens is 5. The van der Waals surface area contributed by atoms with Crippen LogP contribution in [0.1, 0.15) is 27.9 Å². The Balaban J connectivity index is 3.46. The molecule has 19 heavy (non-hydrogen) atoms. The van der Waals surface area contributed by atoms with Gasteiger partial charge in [-0.2, -0.15) is 0 Å². The molecule has 1 heterocycles. The van der Waals surface area contributed by atoms with Crippen LogP contribution >= 0.6 is 0 Å². The zero-order chi connectivity index (χ0) is 14.8. The molecule has 0 fully saturated rings. The first-order valence-corrected chi connectivity index (χ1v) is 4.66. The monoisotopic (exact) mass is 286 g/mol. The minimum absolute atomic E-state index is 0.484. The Morgan fingerprint density at radius 2 is 2.05 bits per heavy atom. The molecule has 0 saturated heterocycles. The van der Waals surface area contributed by atoms with E-state index in [9.17, 15) is 26.7 Å². The van der Waals surface area contributed by atoms with Gasteiger partial charge in [0.25, 0.3) is 6.43 Å². The van der Waals surface area contributed by atoms with Gasteiger partial charge in [-0.1, -0.05) is 0 Å². The molecule has 5 nitrogen and oxygen atoms in total. The highest BCUT2D eigenvalue weighted by atomic mass is 19.4. The van der Waals surface area contributed by atoms with Crippen molar-refractivity contribution in [3.63, 3.8) is 0 Å². The minimum atomic E-state index is -5.23. The number of pyridine rings is 1. The van der Waals surface area contributed by atoms with E-state index in [2.05, 4.69) is 9.72 Å². The van der Waals surface area contributed by atoms with Gasteiger partial charge in [-0.25, -0.2) is 18.6 Å². The molecule has 0 unspecified atom stereocenters. The second-order valence-electron chi connectivity index (χ2n) is 3.23. The average Bonchev–Trinajstić information content (AvgIpc) is 2.25. The van der Waals surface area contributed by atoms with Gasteiger partial charge >= 0.3 is 12.3 Å². The first-order chi connectivity index (χ1) is 8.67. The molecule has 0 aliphatic heterocycles. The maximum atomic E-state index is 12.8. The predicted molar refractivity (Wildman–Crippen MR) is 50.7 cm³/mol. The second kappa shape index (κ2) is 5.34. The number of alkyl halides is 5. The van der Waals surface area contributed by atoms with Crippen molar-refractivity contribution in [1.82, 2.24) is 4.98 Å². The van der Waals surface area contributed by atoms with Crippen LogP contribution in [0.15, 0.2) is 6.20 Å².